The van der Waals surface area contributed by atoms with Gasteiger partial charge in [0.25, 0.3) is 5.91 Å². The van der Waals surface area contributed by atoms with Gasteiger partial charge in [0, 0.05) is 25.7 Å². The number of hydrogen-bond acceptors (Lipinski definition) is 4. The second kappa shape index (κ2) is 5.96. The average molecular weight is 289 g/mol. The molecule has 5 heteroatoms. The molecule has 2 fully saturated rings. The summed E-state index contributed by atoms with van der Waals surface area (Å²) in [4.78, 5) is 18.7. The van der Waals surface area contributed by atoms with Gasteiger partial charge in [0.2, 0.25) is 0 Å². The first-order valence-corrected chi connectivity index (χ1v) is 7.91. The van der Waals surface area contributed by atoms with E-state index in [2.05, 4.69) is 16.7 Å². The SMILES string of the molecule is NCC#Cc1ccc(C(=O)N2CCN3CCCC3C2)s1. The van der Waals surface area contributed by atoms with Crippen molar-refractivity contribution in [3.8, 4) is 11.8 Å². The summed E-state index contributed by atoms with van der Waals surface area (Å²) in [7, 11) is 0. The molecule has 2 N–H and O–H groups in total. The Balaban J connectivity index is 1.68. The summed E-state index contributed by atoms with van der Waals surface area (Å²) in [6.07, 6.45) is 2.49. The van der Waals surface area contributed by atoms with Gasteiger partial charge in [-0.15, -0.1) is 11.3 Å². The molecule has 2 aliphatic rings. The van der Waals surface area contributed by atoms with E-state index in [4.69, 9.17) is 5.73 Å². The lowest BCUT2D eigenvalue weighted by molar-refractivity contribution is 0.0576. The van der Waals surface area contributed by atoms with E-state index in [0.717, 1.165) is 29.4 Å². The van der Waals surface area contributed by atoms with Crippen molar-refractivity contribution in [2.75, 3.05) is 32.7 Å². The van der Waals surface area contributed by atoms with Gasteiger partial charge in [0.15, 0.2) is 0 Å². The zero-order chi connectivity index (χ0) is 13.9. The molecule has 1 unspecified atom stereocenters. The van der Waals surface area contributed by atoms with Gasteiger partial charge in [0.1, 0.15) is 0 Å². The molecule has 1 amide bonds. The molecular formula is C15H19N3OS. The van der Waals surface area contributed by atoms with Gasteiger partial charge < -0.3 is 10.6 Å². The molecular weight excluding hydrogens is 270 g/mol. The Hall–Kier alpha value is -1.35. The standard InChI is InChI=1S/C15H19N3OS/c16-7-1-4-13-5-6-14(20-13)15(19)18-10-9-17-8-2-3-12(17)11-18/h5-6,12H,2-3,7-11,16H2. The minimum Gasteiger partial charge on any atom is -0.335 e. The van der Waals surface area contributed by atoms with Gasteiger partial charge in [-0.05, 0) is 31.5 Å². The molecule has 20 heavy (non-hydrogen) atoms. The van der Waals surface area contributed by atoms with E-state index in [1.807, 2.05) is 17.0 Å². The molecule has 1 aromatic heterocycles. The fraction of sp³-hybridized carbons (Fsp3) is 0.533. The molecule has 0 aliphatic carbocycles. The van der Waals surface area contributed by atoms with Crippen molar-refractivity contribution in [2.24, 2.45) is 5.73 Å². The van der Waals surface area contributed by atoms with Crippen molar-refractivity contribution in [3.05, 3.63) is 21.9 Å². The number of amides is 1. The fourth-order valence-electron chi connectivity index (χ4n) is 2.99. The Morgan fingerprint density at radius 1 is 1.40 bits per heavy atom. The second-order valence-corrected chi connectivity index (χ2v) is 6.34. The first kappa shape index (κ1) is 13.6. The van der Waals surface area contributed by atoms with E-state index in [1.165, 1.54) is 30.7 Å². The Bertz CT molecular complexity index is 557. The number of carbonyl (C=O) groups excluding carboxylic acids is 1. The highest BCUT2D eigenvalue weighted by Crippen LogP contribution is 2.24. The van der Waals surface area contributed by atoms with Gasteiger partial charge in [-0.1, -0.05) is 11.8 Å². The molecule has 0 saturated carbocycles. The van der Waals surface area contributed by atoms with E-state index in [0.29, 0.717) is 12.6 Å². The summed E-state index contributed by atoms with van der Waals surface area (Å²) in [6, 6.07) is 4.37. The van der Waals surface area contributed by atoms with E-state index in [1.54, 1.807) is 0 Å². The minimum absolute atomic E-state index is 0.155. The summed E-state index contributed by atoms with van der Waals surface area (Å²) in [6.45, 7) is 4.29. The second-order valence-electron chi connectivity index (χ2n) is 5.25. The molecule has 2 saturated heterocycles. The summed E-state index contributed by atoms with van der Waals surface area (Å²) in [5.74, 6) is 5.96. The Kier molecular flexibility index (Phi) is 4.06. The van der Waals surface area contributed by atoms with Crippen molar-refractivity contribution in [1.82, 2.24) is 9.80 Å². The normalized spacial score (nSPS) is 22.2. The van der Waals surface area contributed by atoms with Crippen LogP contribution in [0.4, 0.5) is 0 Å². The predicted octanol–water partition coefficient (Wildman–Crippen LogP) is 0.979. The summed E-state index contributed by atoms with van der Waals surface area (Å²) >= 11 is 1.47. The first-order valence-electron chi connectivity index (χ1n) is 7.10. The van der Waals surface area contributed by atoms with Crippen LogP contribution in [0.15, 0.2) is 12.1 Å². The van der Waals surface area contributed by atoms with Gasteiger partial charge in [-0.2, -0.15) is 0 Å². The summed E-state index contributed by atoms with van der Waals surface area (Å²) in [5.41, 5.74) is 5.36. The van der Waals surface area contributed by atoms with Crippen LogP contribution in [0, 0.1) is 11.8 Å². The van der Waals surface area contributed by atoms with Gasteiger partial charge in [-0.3, -0.25) is 9.69 Å². The van der Waals surface area contributed by atoms with Crippen LogP contribution in [0.2, 0.25) is 0 Å². The number of piperazine rings is 1. The molecule has 106 valence electrons. The molecule has 3 heterocycles. The van der Waals surface area contributed by atoms with Crippen molar-refractivity contribution >= 4 is 17.2 Å². The quantitative estimate of drug-likeness (QED) is 0.784. The topological polar surface area (TPSA) is 49.6 Å². The van der Waals surface area contributed by atoms with Crippen molar-refractivity contribution in [2.45, 2.75) is 18.9 Å². The number of thiophene rings is 1. The molecule has 1 atom stereocenters. The van der Waals surface area contributed by atoms with Crippen LogP contribution in [0.1, 0.15) is 27.4 Å². The molecule has 0 spiro atoms. The maximum absolute atomic E-state index is 12.5. The molecule has 0 bridgehead atoms. The van der Waals surface area contributed by atoms with Crippen LogP contribution in [0.3, 0.4) is 0 Å². The van der Waals surface area contributed by atoms with Crippen LogP contribution in [-0.2, 0) is 0 Å². The molecule has 0 aromatic carbocycles. The fourth-order valence-corrected chi connectivity index (χ4v) is 3.84. The molecule has 0 radical (unpaired) electrons. The summed E-state index contributed by atoms with van der Waals surface area (Å²) < 4.78 is 0. The number of rotatable bonds is 1. The molecule has 1 aromatic rings. The van der Waals surface area contributed by atoms with E-state index in [9.17, 15) is 4.79 Å². The lowest BCUT2D eigenvalue weighted by atomic mass is 10.1. The summed E-state index contributed by atoms with van der Waals surface area (Å²) in [5, 5.41) is 0. The molecule has 3 rings (SSSR count). The Morgan fingerprint density at radius 2 is 2.30 bits per heavy atom. The van der Waals surface area contributed by atoms with Crippen molar-refractivity contribution < 1.29 is 4.79 Å². The minimum atomic E-state index is 0.155. The third-order valence-corrected chi connectivity index (χ3v) is 4.99. The van der Waals surface area contributed by atoms with E-state index < -0.39 is 0 Å². The third kappa shape index (κ3) is 2.73. The Labute approximate surface area is 123 Å². The zero-order valence-electron chi connectivity index (χ0n) is 11.5. The lowest BCUT2D eigenvalue weighted by Gasteiger charge is -2.37. The highest BCUT2D eigenvalue weighted by atomic mass is 32.1. The van der Waals surface area contributed by atoms with Crippen LogP contribution >= 0.6 is 11.3 Å². The Morgan fingerprint density at radius 3 is 3.15 bits per heavy atom. The highest BCUT2D eigenvalue weighted by Gasteiger charge is 2.32. The van der Waals surface area contributed by atoms with E-state index >= 15 is 0 Å². The largest absolute Gasteiger partial charge is 0.335 e. The number of hydrogen-bond donors (Lipinski definition) is 1. The van der Waals surface area contributed by atoms with Crippen LogP contribution in [-0.4, -0.2) is 54.5 Å². The number of fused-ring (bicyclic) bond motifs is 1. The molecule has 4 nitrogen and oxygen atoms in total. The van der Waals surface area contributed by atoms with Crippen molar-refractivity contribution in [3.63, 3.8) is 0 Å². The number of carbonyl (C=O) groups is 1. The smallest absolute Gasteiger partial charge is 0.264 e. The van der Waals surface area contributed by atoms with Crippen LogP contribution in [0.25, 0.3) is 0 Å². The number of nitrogens with zero attached hydrogens (tertiary/aromatic N) is 2. The first-order chi connectivity index (χ1) is 9.78. The van der Waals surface area contributed by atoms with E-state index in [-0.39, 0.29) is 5.91 Å². The maximum atomic E-state index is 12.5. The van der Waals surface area contributed by atoms with Crippen LogP contribution in [0.5, 0.6) is 0 Å². The third-order valence-electron chi connectivity index (χ3n) is 4.00. The highest BCUT2D eigenvalue weighted by molar-refractivity contribution is 7.14. The van der Waals surface area contributed by atoms with Gasteiger partial charge >= 0.3 is 0 Å². The monoisotopic (exact) mass is 289 g/mol. The van der Waals surface area contributed by atoms with Gasteiger partial charge in [-0.25, -0.2) is 0 Å². The van der Waals surface area contributed by atoms with Gasteiger partial charge in [0.05, 0.1) is 16.3 Å². The zero-order valence-corrected chi connectivity index (χ0v) is 12.3. The number of nitrogens with two attached hydrogens (primary N) is 1. The maximum Gasteiger partial charge on any atom is 0.264 e. The molecule has 2 aliphatic heterocycles. The van der Waals surface area contributed by atoms with Crippen molar-refractivity contribution in [1.29, 1.82) is 0 Å². The predicted molar refractivity (Wildman–Crippen MR) is 80.7 cm³/mol. The van der Waals surface area contributed by atoms with Crippen LogP contribution < -0.4 is 5.73 Å². The average Bonchev–Trinajstić information content (AvgIpc) is 3.12. The lowest BCUT2D eigenvalue weighted by Crippen LogP contribution is -2.51.